The zero-order valence-electron chi connectivity index (χ0n) is 10.9. The van der Waals surface area contributed by atoms with Crippen LogP contribution in [0.15, 0.2) is 18.5 Å². The molecule has 0 saturated carbocycles. The van der Waals surface area contributed by atoms with Crippen LogP contribution in [0.2, 0.25) is 0 Å². The van der Waals surface area contributed by atoms with E-state index in [1.165, 1.54) is 0 Å². The third-order valence-corrected chi connectivity index (χ3v) is 3.49. The van der Waals surface area contributed by atoms with Crippen LogP contribution in [0.3, 0.4) is 0 Å². The van der Waals surface area contributed by atoms with E-state index in [4.69, 9.17) is 0 Å². The van der Waals surface area contributed by atoms with Crippen LogP contribution in [0, 0.1) is 0 Å². The Morgan fingerprint density at radius 1 is 1.40 bits per heavy atom. The largest absolute Gasteiger partial charge is 0.390 e. The van der Waals surface area contributed by atoms with Crippen LogP contribution in [-0.2, 0) is 10.3 Å². The molecule has 112 valence electrons. The topological polar surface area (TPSA) is 59.0 Å². The SMILES string of the molecule is O=C(NCCC(F)(F)F)C1(n2cccn2)CCNCC1. The van der Waals surface area contributed by atoms with Gasteiger partial charge in [0.25, 0.3) is 0 Å². The molecule has 5 nitrogen and oxygen atoms in total. The number of carbonyl (C=O) groups excluding carboxylic acids is 1. The molecule has 2 N–H and O–H groups in total. The minimum absolute atomic E-state index is 0.396. The van der Waals surface area contributed by atoms with Crippen LogP contribution >= 0.6 is 0 Å². The Morgan fingerprint density at radius 2 is 2.10 bits per heavy atom. The first-order valence-electron chi connectivity index (χ1n) is 6.50. The molecule has 0 bridgehead atoms. The summed E-state index contributed by atoms with van der Waals surface area (Å²) in [7, 11) is 0. The maximum atomic E-state index is 12.3. The number of amides is 1. The number of aromatic nitrogens is 2. The van der Waals surface area contributed by atoms with Crippen molar-refractivity contribution in [3.63, 3.8) is 0 Å². The highest BCUT2D eigenvalue weighted by Gasteiger charge is 2.42. The van der Waals surface area contributed by atoms with E-state index >= 15 is 0 Å². The fourth-order valence-corrected chi connectivity index (χ4v) is 2.40. The molecule has 1 fully saturated rings. The number of nitrogens with zero attached hydrogens (tertiary/aromatic N) is 2. The average Bonchev–Trinajstić information content (AvgIpc) is 2.92. The van der Waals surface area contributed by atoms with Crippen LogP contribution in [-0.4, -0.2) is 41.5 Å². The number of hydrogen-bond donors (Lipinski definition) is 2. The molecule has 0 atom stereocenters. The quantitative estimate of drug-likeness (QED) is 0.871. The third kappa shape index (κ3) is 3.30. The molecule has 0 unspecified atom stereocenters. The molecule has 1 aromatic rings. The lowest BCUT2D eigenvalue weighted by molar-refractivity contribution is -0.139. The van der Waals surface area contributed by atoms with Gasteiger partial charge in [-0.3, -0.25) is 9.48 Å². The Hall–Kier alpha value is -1.57. The van der Waals surface area contributed by atoms with Crippen LogP contribution < -0.4 is 10.6 Å². The third-order valence-electron chi connectivity index (χ3n) is 3.49. The summed E-state index contributed by atoms with van der Waals surface area (Å²) in [5.41, 5.74) is -0.889. The molecular formula is C12H17F3N4O. The Balaban J connectivity index is 2.06. The maximum Gasteiger partial charge on any atom is 0.390 e. The standard InChI is InChI=1S/C12H17F3N4O/c13-12(14,15)4-8-17-10(20)11(2-6-16-7-3-11)19-9-1-5-18-19/h1,5,9,16H,2-4,6-8H2,(H,17,20). The zero-order chi connectivity index (χ0) is 14.6. The van der Waals surface area contributed by atoms with E-state index in [0.717, 1.165) is 0 Å². The van der Waals surface area contributed by atoms with Crippen molar-refractivity contribution in [1.29, 1.82) is 0 Å². The first kappa shape index (κ1) is 14.8. The van der Waals surface area contributed by atoms with E-state index < -0.39 is 30.6 Å². The minimum atomic E-state index is -4.26. The summed E-state index contributed by atoms with van der Waals surface area (Å²) in [5.74, 6) is -0.396. The molecule has 2 heterocycles. The molecule has 0 aliphatic carbocycles. The van der Waals surface area contributed by atoms with Gasteiger partial charge in [0, 0.05) is 18.9 Å². The van der Waals surface area contributed by atoms with E-state index in [1.807, 2.05) is 0 Å². The van der Waals surface area contributed by atoms with Crippen molar-refractivity contribution in [2.45, 2.75) is 31.0 Å². The van der Waals surface area contributed by atoms with Gasteiger partial charge in [0.15, 0.2) is 0 Å². The van der Waals surface area contributed by atoms with Gasteiger partial charge in [-0.2, -0.15) is 18.3 Å². The van der Waals surface area contributed by atoms with Crippen molar-refractivity contribution in [3.8, 4) is 0 Å². The summed E-state index contributed by atoms with van der Waals surface area (Å²) < 4.78 is 38.0. The lowest BCUT2D eigenvalue weighted by Crippen LogP contribution is -2.54. The lowest BCUT2D eigenvalue weighted by atomic mass is 9.87. The van der Waals surface area contributed by atoms with E-state index in [2.05, 4.69) is 15.7 Å². The molecule has 1 saturated heterocycles. The minimum Gasteiger partial charge on any atom is -0.354 e. The number of rotatable bonds is 4. The highest BCUT2D eigenvalue weighted by molar-refractivity contribution is 5.84. The van der Waals surface area contributed by atoms with Gasteiger partial charge in [-0.05, 0) is 32.0 Å². The number of carbonyl (C=O) groups is 1. The Morgan fingerprint density at radius 3 is 2.65 bits per heavy atom. The molecule has 1 amide bonds. The molecule has 0 radical (unpaired) electrons. The molecule has 8 heteroatoms. The predicted molar refractivity (Wildman–Crippen MR) is 66.0 cm³/mol. The summed E-state index contributed by atoms with van der Waals surface area (Å²) in [5, 5.41) is 9.62. The molecular weight excluding hydrogens is 273 g/mol. The average molecular weight is 290 g/mol. The fraction of sp³-hybridized carbons (Fsp3) is 0.667. The van der Waals surface area contributed by atoms with Crippen LogP contribution in [0.5, 0.6) is 0 Å². The summed E-state index contributed by atoms with van der Waals surface area (Å²) in [6.07, 6.45) is -1.03. The summed E-state index contributed by atoms with van der Waals surface area (Å²) >= 11 is 0. The first-order chi connectivity index (χ1) is 9.44. The molecule has 1 aliphatic heterocycles. The van der Waals surface area contributed by atoms with Crippen molar-refractivity contribution in [2.24, 2.45) is 0 Å². The number of piperidine rings is 1. The molecule has 0 spiro atoms. The van der Waals surface area contributed by atoms with Crippen molar-refractivity contribution in [3.05, 3.63) is 18.5 Å². The van der Waals surface area contributed by atoms with Crippen LogP contribution in [0.25, 0.3) is 0 Å². The highest BCUT2D eigenvalue weighted by atomic mass is 19.4. The van der Waals surface area contributed by atoms with Gasteiger partial charge < -0.3 is 10.6 Å². The second kappa shape index (κ2) is 5.82. The smallest absolute Gasteiger partial charge is 0.354 e. The summed E-state index contributed by atoms with van der Waals surface area (Å²) in [6, 6.07) is 1.70. The second-order valence-electron chi connectivity index (χ2n) is 4.85. The lowest BCUT2D eigenvalue weighted by Gasteiger charge is -2.36. The highest BCUT2D eigenvalue weighted by Crippen LogP contribution is 2.27. The van der Waals surface area contributed by atoms with Crippen molar-refractivity contribution in [2.75, 3.05) is 19.6 Å². The van der Waals surface area contributed by atoms with E-state index in [1.54, 1.807) is 23.1 Å². The molecule has 1 aliphatic rings. The molecule has 1 aromatic heterocycles. The Kier molecular flexibility index (Phi) is 4.32. The molecule has 2 rings (SSSR count). The van der Waals surface area contributed by atoms with E-state index in [-0.39, 0.29) is 0 Å². The van der Waals surface area contributed by atoms with Gasteiger partial charge in [-0.25, -0.2) is 0 Å². The van der Waals surface area contributed by atoms with Crippen molar-refractivity contribution < 1.29 is 18.0 Å². The van der Waals surface area contributed by atoms with Gasteiger partial charge in [-0.1, -0.05) is 0 Å². The van der Waals surface area contributed by atoms with Crippen molar-refractivity contribution in [1.82, 2.24) is 20.4 Å². The Bertz CT molecular complexity index is 438. The predicted octanol–water partition coefficient (Wildman–Crippen LogP) is 1.03. The Labute approximate surface area is 114 Å². The van der Waals surface area contributed by atoms with Crippen LogP contribution in [0.1, 0.15) is 19.3 Å². The number of hydrogen-bond acceptors (Lipinski definition) is 3. The fourth-order valence-electron chi connectivity index (χ4n) is 2.40. The van der Waals surface area contributed by atoms with Crippen molar-refractivity contribution >= 4 is 5.91 Å². The monoisotopic (exact) mass is 290 g/mol. The summed E-state index contributed by atoms with van der Waals surface area (Å²) in [6.45, 7) is 0.859. The van der Waals surface area contributed by atoms with Gasteiger partial charge in [0.2, 0.25) is 5.91 Å². The molecule has 0 aromatic carbocycles. The van der Waals surface area contributed by atoms with Gasteiger partial charge in [0.1, 0.15) is 5.54 Å². The van der Waals surface area contributed by atoms with E-state index in [9.17, 15) is 18.0 Å². The van der Waals surface area contributed by atoms with E-state index in [0.29, 0.717) is 25.9 Å². The first-order valence-corrected chi connectivity index (χ1v) is 6.50. The maximum absolute atomic E-state index is 12.3. The molecule has 20 heavy (non-hydrogen) atoms. The van der Waals surface area contributed by atoms with Gasteiger partial charge in [-0.15, -0.1) is 0 Å². The zero-order valence-corrected chi connectivity index (χ0v) is 10.9. The van der Waals surface area contributed by atoms with Crippen LogP contribution in [0.4, 0.5) is 13.2 Å². The number of halogens is 3. The second-order valence-corrected chi connectivity index (χ2v) is 4.85. The summed E-state index contributed by atoms with van der Waals surface area (Å²) in [4.78, 5) is 12.3. The normalized spacial score (nSPS) is 18.8. The van der Waals surface area contributed by atoms with Gasteiger partial charge in [0.05, 0.1) is 6.42 Å². The van der Waals surface area contributed by atoms with Gasteiger partial charge >= 0.3 is 6.18 Å². The number of nitrogens with one attached hydrogen (secondary N) is 2. The number of alkyl halides is 3.